The highest BCUT2D eigenvalue weighted by Gasteiger charge is 1.52. The Morgan fingerprint density at radius 2 is 1.67 bits per heavy atom. The summed E-state index contributed by atoms with van der Waals surface area (Å²) in [6.45, 7) is 9.70. The van der Waals surface area contributed by atoms with E-state index in [1.165, 1.54) is 0 Å². The van der Waals surface area contributed by atoms with Crippen LogP contribution in [0.15, 0.2) is 24.8 Å². The lowest BCUT2D eigenvalue weighted by atomic mass is 10.4. The van der Waals surface area contributed by atoms with Gasteiger partial charge in [-0.25, -0.2) is 0 Å². The van der Waals surface area contributed by atoms with Gasteiger partial charge in [0.15, 0.2) is 0 Å². The average molecular weight is 126 g/mol. The summed E-state index contributed by atoms with van der Waals surface area (Å²) in [6.07, 6.45) is 8.30. The van der Waals surface area contributed by atoms with Crippen LogP contribution in [-0.2, 0) is 0 Å². The van der Waals surface area contributed by atoms with Crippen molar-refractivity contribution < 1.29 is 0 Å². The van der Waals surface area contributed by atoms with Crippen molar-refractivity contribution in [2.24, 2.45) is 0 Å². The van der Waals surface area contributed by atoms with Crippen LogP contribution < -0.4 is 0 Å². The van der Waals surface area contributed by atoms with Gasteiger partial charge in [0.05, 0.1) is 0 Å². The minimum Gasteiger partial charge on any atom is -0.103 e. The van der Waals surface area contributed by atoms with E-state index >= 15 is 0 Å². The van der Waals surface area contributed by atoms with E-state index in [1.807, 2.05) is 13.0 Å². The quantitative estimate of drug-likeness (QED) is 0.496. The van der Waals surface area contributed by atoms with Gasteiger partial charge in [0.2, 0.25) is 0 Å². The zero-order valence-corrected chi connectivity index (χ0v) is 6.85. The molecule has 0 amide bonds. The van der Waals surface area contributed by atoms with E-state index in [0.29, 0.717) is 0 Å². The molecular formula is C9H18. The maximum absolute atomic E-state index is 3.48. The Bertz CT molecular complexity index is 60.4. The molecule has 0 spiro atoms. The monoisotopic (exact) mass is 126 g/mol. The van der Waals surface area contributed by atoms with E-state index in [2.05, 4.69) is 32.6 Å². The Morgan fingerprint density at radius 3 is 1.67 bits per heavy atom. The van der Waals surface area contributed by atoms with Gasteiger partial charge in [0, 0.05) is 0 Å². The van der Waals surface area contributed by atoms with Crippen molar-refractivity contribution in [2.75, 3.05) is 0 Å². The number of rotatable bonds is 2. The molecule has 0 heterocycles. The van der Waals surface area contributed by atoms with Crippen LogP contribution in [0.3, 0.4) is 0 Å². The zero-order chi connectivity index (χ0) is 7.54. The fourth-order valence-electron chi connectivity index (χ4n) is 0.236. The molecule has 0 aromatic heterocycles. The van der Waals surface area contributed by atoms with Crippen LogP contribution in [0.2, 0.25) is 0 Å². The largest absolute Gasteiger partial charge is 0.103 e. The third-order valence-corrected chi connectivity index (χ3v) is 0.760. The number of hydrogen-bond acceptors (Lipinski definition) is 0. The summed E-state index contributed by atoms with van der Waals surface area (Å²) in [5.41, 5.74) is 0. The Hall–Kier alpha value is -0.520. The maximum Gasteiger partial charge on any atom is -0.0379 e. The molecule has 0 heteroatoms. The van der Waals surface area contributed by atoms with Crippen molar-refractivity contribution in [2.45, 2.75) is 33.6 Å². The molecule has 0 aliphatic heterocycles. The van der Waals surface area contributed by atoms with Gasteiger partial charge in [-0.1, -0.05) is 32.1 Å². The first-order valence-corrected chi connectivity index (χ1v) is 3.55. The van der Waals surface area contributed by atoms with Gasteiger partial charge in [-0.3, -0.25) is 0 Å². The van der Waals surface area contributed by atoms with Crippen LogP contribution in [0.5, 0.6) is 0 Å². The molecule has 0 N–H and O–H groups in total. The molecule has 0 aliphatic carbocycles. The van der Waals surface area contributed by atoms with Gasteiger partial charge >= 0.3 is 0 Å². The van der Waals surface area contributed by atoms with Crippen LogP contribution in [0.4, 0.5) is 0 Å². The summed E-state index contributed by atoms with van der Waals surface area (Å²) < 4.78 is 0. The van der Waals surface area contributed by atoms with Crippen molar-refractivity contribution in [1.82, 2.24) is 0 Å². The fourth-order valence-corrected chi connectivity index (χ4v) is 0.236. The van der Waals surface area contributed by atoms with E-state index in [9.17, 15) is 0 Å². The van der Waals surface area contributed by atoms with Gasteiger partial charge in [0.1, 0.15) is 0 Å². The minimum absolute atomic E-state index is 1.08. The van der Waals surface area contributed by atoms with E-state index in [0.717, 1.165) is 12.8 Å². The van der Waals surface area contributed by atoms with Crippen LogP contribution in [0.1, 0.15) is 33.6 Å². The highest BCUT2D eigenvalue weighted by atomic mass is 13.6. The van der Waals surface area contributed by atoms with E-state index < -0.39 is 0 Å². The SMILES string of the molecule is C/C=C\CC.C=CCC. The van der Waals surface area contributed by atoms with Crippen LogP contribution in [-0.4, -0.2) is 0 Å². The number of hydrogen-bond donors (Lipinski definition) is 0. The molecule has 0 nitrogen and oxygen atoms in total. The molecule has 0 atom stereocenters. The Morgan fingerprint density at radius 1 is 1.22 bits per heavy atom. The molecule has 0 aromatic carbocycles. The number of allylic oxidation sites excluding steroid dienone is 3. The second-order valence-corrected chi connectivity index (χ2v) is 1.67. The van der Waals surface area contributed by atoms with Crippen molar-refractivity contribution in [3.63, 3.8) is 0 Å². The molecule has 0 rings (SSSR count). The van der Waals surface area contributed by atoms with E-state index in [4.69, 9.17) is 0 Å². The molecule has 0 fully saturated rings. The summed E-state index contributed by atoms with van der Waals surface area (Å²) in [6, 6.07) is 0. The summed E-state index contributed by atoms with van der Waals surface area (Å²) in [7, 11) is 0. The Balaban J connectivity index is 0. The van der Waals surface area contributed by atoms with E-state index in [-0.39, 0.29) is 0 Å². The normalized spacial score (nSPS) is 8.33. The minimum atomic E-state index is 1.08. The summed E-state index contributed by atoms with van der Waals surface area (Å²) in [5, 5.41) is 0. The first-order valence-electron chi connectivity index (χ1n) is 3.55. The third kappa shape index (κ3) is 36.5. The van der Waals surface area contributed by atoms with Crippen LogP contribution in [0.25, 0.3) is 0 Å². The lowest BCUT2D eigenvalue weighted by Crippen LogP contribution is -1.43. The first-order chi connectivity index (χ1) is 4.33. The molecule has 9 heavy (non-hydrogen) atoms. The van der Waals surface area contributed by atoms with Crippen molar-refractivity contribution >= 4 is 0 Å². The predicted octanol–water partition coefficient (Wildman–Crippen LogP) is 3.55. The lowest BCUT2D eigenvalue weighted by Gasteiger charge is -1.65. The van der Waals surface area contributed by atoms with Gasteiger partial charge in [0.25, 0.3) is 0 Å². The lowest BCUT2D eigenvalue weighted by molar-refractivity contribution is 1.22. The summed E-state index contributed by atoms with van der Waals surface area (Å²) in [5.74, 6) is 0. The highest BCUT2D eigenvalue weighted by molar-refractivity contribution is 4.73. The van der Waals surface area contributed by atoms with E-state index in [1.54, 1.807) is 0 Å². The molecular weight excluding hydrogens is 108 g/mol. The van der Waals surface area contributed by atoms with Gasteiger partial charge in [-0.2, -0.15) is 0 Å². The van der Waals surface area contributed by atoms with Gasteiger partial charge in [-0.05, 0) is 19.8 Å². The Kier molecular flexibility index (Phi) is 19.6. The topological polar surface area (TPSA) is 0 Å². The van der Waals surface area contributed by atoms with Crippen molar-refractivity contribution in [3.05, 3.63) is 24.8 Å². The molecule has 0 aliphatic rings. The highest BCUT2D eigenvalue weighted by Crippen LogP contribution is 1.73. The molecule has 0 radical (unpaired) electrons. The molecule has 0 saturated carbocycles. The molecule has 0 bridgehead atoms. The first kappa shape index (κ1) is 11.3. The second kappa shape index (κ2) is 15.6. The summed E-state index contributed by atoms with van der Waals surface area (Å²) in [4.78, 5) is 0. The summed E-state index contributed by atoms with van der Waals surface area (Å²) >= 11 is 0. The maximum atomic E-state index is 3.48. The van der Waals surface area contributed by atoms with Gasteiger partial charge in [-0.15, -0.1) is 6.58 Å². The van der Waals surface area contributed by atoms with Crippen LogP contribution >= 0.6 is 0 Å². The van der Waals surface area contributed by atoms with Crippen LogP contribution in [0, 0.1) is 0 Å². The van der Waals surface area contributed by atoms with Crippen molar-refractivity contribution in [3.8, 4) is 0 Å². The predicted molar refractivity (Wildman–Crippen MR) is 45.6 cm³/mol. The Labute approximate surface area is 59.3 Å². The fraction of sp³-hybridized carbons (Fsp3) is 0.556. The van der Waals surface area contributed by atoms with Gasteiger partial charge < -0.3 is 0 Å². The third-order valence-electron chi connectivity index (χ3n) is 0.760. The molecule has 0 unspecified atom stereocenters. The average Bonchev–Trinajstić information content (AvgIpc) is 1.91. The standard InChI is InChI=1S/C5H10.C4H8/c1-3-5-4-2;1-3-4-2/h3,5H,4H2,1-2H3;3H,1,4H2,2H3/b5-3-;. The molecule has 54 valence electrons. The van der Waals surface area contributed by atoms with Crippen molar-refractivity contribution in [1.29, 1.82) is 0 Å². The smallest absolute Gasteiger partial charge is 0.0379 e. The molecule has 0 aromatic rings. The zero-order valence-electron chi connectivity index (χ0n) is 6.85. The second-order valence-electron chi connectivity index (χ2n) is 1.67. The molecule has 0 saturated heterocycles.